The molecule has 1 fully saturated rings. The molecule has 1 aliphatic rings. The van der Waals surface area contributed by atoms with Crippen molar-refractivity contribution in [2.24, 2.45) is 0 Å². The molecule has 160 valence electrons. The average molecular weight is 460 g/mol. The molecule has 0 bridgehead atoms. The normalized spacial score (nSPS) is 23.0. The van der Waals surface area contributed by atoms with Crippen LogP contribution in [0, 0.1) is 23.0 Å². The average Bonchev–Trinajstić information content (AvgIpc) is 2.73. The Morgan fingerprint density at radius 3 is 2.30 bits per heavy atom. The highest BCUT2D eigenvalue weighted by Crippen LogP contribution is 2.46. The van der Waals surface area contributed by atoms with Crippen LogP contribution < -0.4 is 4.72 Å². The van der Waals surface area contributed by atoms with E-state index in [0.717, 1.165) is 18.2 Å². The van der Waals surface area contributed by atoms with Gasteiger partial charge in [0.05, 0.1) is 27.2 Å². The summed E-state index contributed by atoms with van der Waals surface area (Å²) in [6.07, 6.45) is 0.633. The maximum Gasteiger partial charge on any atom is 0.456 e. The number of benzene rings is 2. The van der Waals surface area contributed by atoms with E-state index in [0.29, 0.717) is 10.5 Å². The summed E-state index contributed by atoms with van der Waals surface area (Å²) >= 11 is -0.340. The van der Waals surface area contributed by atoms with Gasteiger partial charge in [-0.1, -0.05) is 0 Å². The maximum atomic E-state index is 14.7. The zero-order chi connectivity index (χ0) is 21.9. The van der Waals surface area contributed by atoms with Crippen molar-refractivity contribution in [2.45, 2.75) is 46.9 Å². The summed E-state index contributed by atoms with van der Waals surface area (Å²) < 4.78 is 80.6. The van der Waals surface area contributed by atoms with E-state index in [4.69, 9.17) is 5.26 Å². The SMILES string of the molecule is N#Cc1ccc(S(=O)C2(c3cc(F)ccc3F)CCC(NSC(F)(F)F)CC2)cc1. The van der Waals surface area contributed by atoms with E-state index in [1.54, 1.807) is 0 Å². The summed E-state index contributed by atoms with van der Waals surface area (Å²) in [6.45, 7) is 0. The Bertz CT molecular complexity index is 965. The predicted octanol–water partition coefficient (Wildman–Crippen LogP) is 5.54. The van der Waals surface area contributed by atoms with Crippen molar-refractivity contribution in [2.75, 3.05) is 0 Å². The van der Waals surface area contributed by atoms with Crippen LogP contribution in [0.1, 0.15) is 36.8 Å². The lowest BCUT2D eigenvalue weighted by Gasteiger charge is -2.40. The molecule has 1 atom stereocenters. The summed E-state index contributed by atoms with van der Waals surface area (Å²) in [7, 11) is -1.82. The Balaban J connectivity index is 1.94. The fourth-order valence-electron chi connectivity index (χ4n) is 3.63. The van der Waals surface area contributed by atoms with Crippen molar-refractivity contribution in [3.05, 3.63) is 65.2 Å². The van der Waals surface area contributed by atoms with E-state index in [2.05, 4.69) is 4.72 Å². The summed E-state index contributed by atoms with van der Waals surface area (Å²) in [5, 5.41) is 8.94. The third kappa shape index (κ3) is 5.02. The maximum absolute atomic E-state index is 14.7. The number of nitriles is 1. The molecule has 0 spiro atoms. The number of nitrogens with one attached hydrogen (secondary N) is 1. The topological polar surface area (TPSA) is 52.9 Å². The molecule has 2 aromatic rings. The molecular weight excluding hydrogens is 443 g/mol. The van der Waals surface area contributed by atoms with Crippen LogP contribution in [-0.2, 0) is 15.5 Å². The molecular formula is C20H17F5N2OS2. The third-order valence-electron chi connectivity index (χ3n) is 5.11. The van der Waals surface area contributed by atoms with Crippen molar-refractivity contribution >= 4 is 22.7 Å². The summed E-state index contributed by atoms with van der Waals surface area (Å²) in [5.41, 5.74) is -4.12. The second kappa shape index (κ2) is 9.04. The first-order valence-electron chi connectivity index (χ1n) is 9.02. The van der Waals surface area contributed by atoms with Gasteiger partial charge in [-0.25, -0.2) is 8.78 Å². The van der Waals surface area contributed by atoms with Gasteiger partial charge in [-0.05, 0) is 68.1 Å². The van der Waals surface area contributed by atoms with Crippen LogP contribution in [0.15, 0.2) is 47.4 Å². The molecule has 1 saturated carbocycles. The predicted molar refractivity (Wildman–Crippen MR) is 105 cm³/mol. The molecule has 0 amide bonds. The minimum atomic E-state index is -4.44. The van der Waals surface area contributed by atoms with Crippen LogP contribution in [0.2, 0.25) is 0 Å². The first kappa shape index (κ1) is 22.7. The van der Waals surface area contributed by atoms with Gasteiger partial charge < -0.3 is 0 Å². The Hall–Kier alpha value is -1.96. The Morgan fingerprint density at radius 1 is 1.10 bits per heavy atom. The van der Waals surface area contributed by atoms with Crippen LogP contribution in [0.5, 0.6) is 0 Å². The van der Waals surface area contributed by atoms with Gasteiger partial charge in [-0.15, -0.1) is 0 Å². The van der Waals surface area contributed by atoms with E-state index in [9.17, 15) is 26.2 Å². The molecule has 0 aliphatic heterocycles. The second-order valence-electron chi connectivity index (χ2n) is 6.96. The minimum absolute atomic E-state index is 0.0490. The summed E-state index contributed by atoms with van der Waals surface area (Å²) in [6, 6.07) is 10.3. The molecule has 1 N–H and O–H groups in total. The van der Waals surface area contributed by atoms with Gasteiger partial charge in [-0.2, -0.15) is 18.4 Å². The van der Waals surface area contributed by atoms with Gasteiger partial charge in [0, 0.05) is 28.4 Å². The van der Waals surface area contributed by atoms with Crippen molar-refractivity contribution in [1.82, 2.24) is 4.72 Å². The van der Waals surface area contributed by atoms with Gasteiger partial charge >= 0.3 is 5.51 Å². The number of hydrogen-bond acceptors (Lipinski definition) is 4. The van der Waals surface area contributed by atoms with Crippen LogP contribution in [0.4, 0.5) is 22.0 Å². The quantitative estimate of drug-likeness (QED) is 0.470. The molecule has 30 heavy (non-hydrogen) atoms. The lowest BCUT2D eigenvalue weighted by atomic mass is 9.80. The smallest absolute Gasteiger partial charge is 0.254 e. The first-order valence-corrected chi connectivity index (χ1v) is 11.0. The lowest BCUT2D eigenvalue weighted by Crippen LogP contribution is -2.42. The zero-order valence-corrected chi connectivity index (χ0v) is 17.1. The van der Waals surface area contributed by atoms with E-state index in [-0.39, 0.29) is 43.2 Å². The highest BCUT2D eigenvalue weighted by Gasteiger charge is 2.45. The van der Waals surface area contributed by atoms with Crippen molar-refractivity contribution in [3.8, 4) is 6.07 Å². The Labute approximate surface area is 177 Å². The van der Waals surface area contributed by atoms with Crippen molar-refractivity contribution in [1.29, 1.82) is 5.26 Å². The van der Waals surface area contributed by atoms with Crippen LogP contribution in [-0.4, -0.2) is 15.8 Å². The first-order chi connectivity index (χ1) is 14.1. The number of alkyl halides is 3. The Kier molecular flexibility index (Phi) is 6.84. The molecule has 3 rings (SSSR count). The molecule has 2 aromatic carbocycles. The minimum Gasteiger partial charge on any atom is -0.254 e. The van der Waals surface area contributed by atoms with Gasteiger partial charge in [0.2, 0.25) is 0 Å². The highest BCUT2D eigenvalue weighted by atomic mass is 32.2. The summed E-state index contributed by atoms with van der Waals surface area (Å²) in [5.74, 6) is -1.40. The lowest BCUT2D eigenvalue weighted by molar-refractivity contribution is -0.0339. The Morgan fingerprint density at radius 2 is 1.73 bits per heavy atom. The fraction of sp³-hybridized carbons (Fsp3) is 0.350. The van der Waals surface area contributed by atoms with Gasteiger partial charge in [-0.3, -0.25) is 8.93 Å². The van der Waals surface area contributed by atoms with E-state index in [1.807, 2.05) is 6.07 Å². The van der Waals surface area contributed by atoms with E-state index < -0.39 is 38.7 Å². The molecule has 1 aliphatic carbocycles. The largest absolute Gasteiger partial charge is 0.456 e. The van der Waals surface area contributed by atoms with Crippen LogP contribution in [0.25, 0.3) is 0 Å². The third-order valence-corrected chi connectivity index (χ3v) is 7.83. The molecule has 0 radical (unpaired) electrons. The highest BCUT2D eigenvalue weighted by molar-refractivity contribution is 7.98. The number of nitrogens with zero attached hydrogens (tertiary/aromatic N) is 1. The van der Waals surface area contributed by atoms with Crippen molar-refractivity contribution in [3.63, 3.8) is 0 Å². The van der Waals surface area contributed by atoms with Crippen LogP contribution >= 0.6 is 11.9 Å². The van der Waals surface area contributed by atoms with Gasteiger partial charge in [0.1, 0.15) is 11.6 Å². The number of halogens is 5. The summed E-state index contributed by atoms with van der Waals surface area (Å²) in [4.78, 5) is 0.341. The van der Waals surface area contributed by atoms with Crippen LogP contribution in [0.3, 0.4) is 0 Å². The molecule has 1 unspecified atom stereocenters. The van der Waals surface area contributed by atoms with Gasteiger partial charge in [0.25, 0.3) is 0 Å². The molecule has 0 aromatic heterocycles. The van der Waals surface area contributed by atoms with E-state index >= 15 is 0 Å². The standard InChI is InChI=1S/C20H17F5N2OS2/c21-14-3-6-18(22)17(11-14)19(30(28)16-4-1-13(12-26)2-5-16)9-7-15(8-10-19)27-29-20(23,24)25/h1-6,11,15,27H,7-10H2. The number of rotatable bonds is 5. The monoisotopic (exact) mass is 460 g/mol. The van der Waals surface area contributed by atoms with Crippen molar-refractivity contribution < 1.29 is 26.2 Å². The van der Waals surface area contributed by atoms with E-state index in [1.165, 1.54) is 24.3 Å². The molecule has 3 nitrogen and oxygen atoms in total. The zero-order valence-electron chi connectivity index (χ0n) is 15.5. The molecule has 0 heterocycles. The second-order valence-corrected chi connectivity index (χ2v) is 9.66. The molecule has 0 saturated heterocycles. The molecule has 10 heteroatoms. The fourth-order valence-corrected chi connectivity index (χ4v) is 5.97. The number of hydrogen-bond donors (Lipinski definition) is 1. The van der Waals surface area contributed by atoms with Gasteiger partial charge in [0.15, 0.2) is 0 Å².